The lowest BCUT2D eigenvalue weighted by atomic mass is 9.83. The molecule has 6 atom stereocenters. The van der Waals surface area contributed by atoms with Gasteiger partial charge in [-0.1, -0.05) is 32.6 Å². The maximum atomic E-state index is 15.6. The van der Waals surface area contributed by atoms with E-state index < -0.39 is 54.1 Å². The molecule has 5 N–H and O–H groups in total. The first-order chi connectivity index (χ1) is 29.4. The number of H-pyrrole nitrogens is 1. The number of fused-ring (bicyclic) bond motifs is 2. The van der Waals surface area contributed by atoms with Crippen LogP contribution < -0.4 is 21.3 Å². The second kappa shape index (κ2) is 19.3. The molecule has 7 rings (SSSR count). The van der Waals surface area contributed by atoms with Gasteiger partial charge >= 0.3 is 0 Å². The number of halogens is 4. The maximum Gasteiger partial charge on any atom is 0.245 e. The Labute approximate surface area is 352 Å². The van der Waals surface area contributed by atoms with Gasteiger partial charge in [0.05, 0.1) is 48.9 Å². The van der Waals surface area contributed by atoms with Gasteiger partial charge in [0.25, 0.3) is 0 Å². The van der Waals surface area contributed by atoms with Crippen LogP contribution in [-0.4, -0.2) is 125 Å². The molecule has 0 spiro atoms. The van der Waals surface area contributed by atoms with Crippen LogP contribution in [0.5, 0.6) is 0 Å². The number of aromatic amines is 1. The van der Waals surface area contributed by atoms with Crippen LogP contribution >= 0.6 is 0 Å². The number of alkyl halides is 2. The summed E-state index contributed by atoms with van der Waals surface area (Å²) in [6, 6.07) is 5.39. The highest BCUT2D eigenvalue weighted by Crippen LogP contribution is 2.38. The molecule has 4 heterocycles. The van der Waals surface area contributed by atoms with E-state index in [4.69, 9.17) is 4.98 Å². The number of benzene rings is 2. The summed E-state index contributed by atoms with van der Waals surface area (Å²) in [4.78, 5) is 65.3. The second-order valence-electron chi connectivity index (χ2n) is 16.9. The normalized spacial score (nSPS) is 22.0. The topological polar surface area (TPSA) is 156 Å². The number of rotatable bonds is 16. The smallest absolute Gasteiger partial charge is 0.245 e. The van der Waals surface area contributed by atoms with Gasteiger partial charge in [0.1, 0.15) is 36.1 Å². The zero-order valence-electron chi connectivity index (χ0n) is 35.0. The highest BCUT2D eigenvalue weighted by molar-refractivity contribution is 5.93. The molecule has 3 aliphatic rings. The van der Waals surface area contributed by atoms with Crippen molar-refractivity contribution in [1.82, 2.24) is 45.6 Å². The second-order valence-corrected chi connectivity index (χ2v) is 16.9. The summed E-state index contributed by atoms with van der Waals surface area (Å²) < 4.78 is 62.5. The summed E-state index contributed by atoms with van der Waals surface area (Å²) in [5.74, 6) is -2.26. The van der Waals surface area contributed by atoms with Crippen molar-refractivity contribution >= 4 is 45.6 Å². The molecule has 6 unspecified atom stereocenters. The third-order valence-corrected chi connectivity index (χ3v) is 12.5. The monoisotopic (exact) mass is 851 g/mol. The average molecular weight is 852 g/mol. The third-order valence-electron chi connectivity index (χ3n) is 12.5. The number of imidazole rings is 1. The van der Waals surface area contributed by atoms with E-state index in [0.717, 1.165) is 32.1 Å². The molecule has 330 valence electrons. The molecule has 1 aliphatic carbocycles. The van der Waals surface area contributed by atoms with Crippen LogP contribution in [0, 0.1) is 17.6 Å². The molecule has 2 aromatic heterocycles. The Hall–Kier alpha value is -5.03. The molecule has 13 nitrogen and oxygen atoms in total. The van der Waals surface area contributed by atoms with Gasteiger partial charge in [-0.05, 0) is 81.6 Å². The molecular weight excluding hydrogens is 795 g/mol. The number of carbonyl (C=O) groups is 4. The lowest BCUT2D eigenvalue weighted by molar-refractivity contribution is -0.139. The highest BCUT2D eigenvalue weighted by atomic mass is 19.1. The van der Waals surface area contributed by atoms with E-state index in [9.17, 15) is 28.0 Å². The van der Waals surface area contributed by atoms with Crippen molar-refractivity contribution in [2.75, 3.05) is 40.3 Å². The number of hydrogen-bond acceptors (Lipinski definition) is 7. The minimum Gasteiger partial charge on any atom is -0.352 e. The van der Waals surface area contributed by atoms with Gasteiger partial charge < -0.3 is 40.6 Å². The van der Waals surface area contributed by atoms with E-state index in [-0.39, 0.29) is 81.1 Å². The van der Waals surface area contributed by atoms with Crippen molar-refractivity contribution in [2.24, 2.45) is 5.92 Å². The summed E-state index contributed by atoms with van der Waals surface area (Å²) >= 11 is 0. The SMILES string of the molecule is CCCC(NC(=O)CNC)C(=O)N1CC(F)CC1Cn1c(-c2[nH]c3cc(F)ccc3c2CC2CC(F)CN2C(=O)C(NC(=O)CNC)C2CCCCC2)nc2cc(F)ccc21. The van der Waals surface area contributed by atoms with Crippen molar-refractivity contribution in [3.8, 4) is 11.5 Å². The van der Waals surface area contributed by atoms with E-state index >= 15 is 8.78 Å². The van der Waals surface area contributed by atoms with Gasteiger partial charge in [-0.3, -0.25) is 19.2 Å². The Morgan fingerprint density at radius 3 is 2.16 bits per heavy atom. The molecule has 0 bridgehead atoms. The molecule has 3 fully saturated rings. The fourth-order valence-corrected chi connectivity index (χ4v) is 9.75. The standard InChI is InChI=1S/C44H57F4N9O4/c1-4-8-34(51-38(58)20-49-2)43(60)56-23-29(48)16-31(56)24-57-37-14-12-27(46)18-36(37)53-42(57)41-33(32-13-11-26(45)17-35(32)52-41)19-30-15-28(47)22-55(30)44(61)40(54-39(59)21-50-3)25-9-6-5-7-10-25/h11-14,17-18,25,28-31,34,40,49-50,52H,4-10,15-16,19-24H2,1-3H3,(H,51,58)(H,54,59). The number of carbonyl (C=O) groups excluding carboxylic acids is 4. The quantitative estimate of drug-likeness (QED) is 0.103. The Balaban J connectivity index is 1.27. The van der Waals surface area contributed by atoms with Crippen LogP contribution in [0.4, 0.5) is 17.6 Å². The van der Waals surface area contributed by atoms with Crippen molar-refractivity contribution in [3.05, 3.63) is 53.6 Å². The van der Waals surface area contributed by atoms with E-state index in [1.807, 2.05) is 6.92 Å². The summed E-state index contributed by atoms with van der Waals surface area (Å²) in [7, 11) is 3.27. The Bertz CT molecular complexity index is 2220. The zero-order valence-corrected chi connectivity index (χ0v) is 35.0. The highest BCUT2D eigenvalue weighted by Gasteiger charge is 2.43. The fraction of sp³-hybridized carbons (Fsp3) is 0.568. The third kappa shape index (κ3) is 9.72. The molecule has 2 saturated heterocycles. The fourth-order valence-electron chi connectivity index (χ4n) is 9.75. The van der Waals surface area contributed by atoms with Gasteiger partial charge in [-0.15, -0.1) is 0 Å². The first-order valence-corrected chi connectivity index (χ1v) is 21.6. The van der Waals surface area contributed by atoms with Gasteiger partial charge in [0, 0.05) is 42.4 Å². The molecular formula is C44H57F4N9O4. The van der Waals surface area contributed by atoms with Crippen LogP contribution in [-0.2, 0) is 32.1 Å². The van der Waals surface area contributed by atoms with Gasteiger partial charge in [0.15, 0.2) is 5.82 Å². The number of aromatic nitrogens is 3. The molecule has 4 aromatic rings. The first kappa shape index (κ1) is 44.0. The number of hydrogen-bond donors (Lipinski definition) is 5. The molecule has 2 aromatic carbocycles. The van der Waals surface area contributed by atoms with E-state index in [1.54, 1.807) is 35.7 Å². The van der Waals surface area contributed by atoms with Crippen LogP contribution in [0.3, 0.4) is 0 Å². The Morgan fingerprint density at radius 2 is 1.48 bits per heavy atom. The van der Waals surface area contributed by atoms with Crippen molar-refractivity contribution in [2.45, 2.75) is 114 Å². The maximum absolute atomic E-state index is 15.6. The average Bonchev–Trinajstić information content (AvgIpc) is 3.99. The summed E-state index contributed by atoms with van der Waals surface area (Å²) in [6.45, 7) is 1.65. The minimum absolute atomic E-state index is 0.00414. The minimum atomic E-state index is -1.34. The van der Waals surface area contributed by atoms with Crippen LogP contribution in [0.15, 0.2) is 36.4 Å². The molecule has 61 heavy (non-hydrogen) atoms. The predicted molar refractivity (Wildman–Crippen MR) is 224 cm³/mol. The lowest BCUT2D eigenvalue weighted by Gasteiger charge is -2.35. The van der Waals surface area contributed by atoms with E-state index in [1.165, 1.54) is 29.2 Å². The molecule has 4 amide bonds. The molecule has 2 aliphatic heterocycles. The zero-order chi connectivity index (χ0) is 43.4. The molecule has 17 heteroatoms. The van der Waals surface area contributed by atoms with Gasteiger partial charge in [0.2, 0.25) is 23.6 Å². The van der Waals surface area contributed by atoms with Gasteiger partial charge in [-0.25, -0.2) is 22.5 Å². The largest absolute Gasteiger partial charge is 0.352 e. The van der Waals surface area contributed by atoms with E-state index in [2.05, 4.69) is 26.3 Å². The number of likely N-dealkylation sites (N-methyl/N-ethyl adjacent to an activating group) is 2. The van der Waals surface area contributed by atoms with Gasteiger partial charge in [-0.2, -0.15) is 0 Å². The number of likely N-dealkylation sites (tertiary alicyclic amines) is 2. The summed E-state index contributed by atoms with van der Waals surface area (Å²) in [5.41, 5.74) is 2.26. The van der Waals surface area contributed by atoms with Crippen molar-refractivity contribution in [3.63, 3.8) is 0 Å². The van der Waals surface area contributed by atoms with Crippen LogP contribution in [0.2, 0.25) is 0 Å². The van der Waals surface area contributed by atoms with E-state index in [0.29, 0.717) is 46.3 Å². The van der Waals surface area contributed by atoms with Crippen LogP contribution in [0.25, 0.3) is 33.5 Å². The van der Waals surface area contributed by atoms with Crippen LogP contribution in [0.1, 0.15) is 70.3 Å². The predicted octanol–water partition coefficient (Wildman–Crippen LogP) is 4.67. The van der Waals surface area contributed by atoms with Crippen molar-refractivity contribution < 1.29 is 36.7 Å². The molecule has 0 radical (unpaired) electrons. The van der Waals surface area contributed by atoms with Crippen molar-refractivity contribution in [1.29, 1.82) is 0 Å². The summed E-state index contributed by atoms with van der Waals surface area (Å²) in [6.07, 6.45) is 2.88. The Kier molecular flexibility index (Phi) is 14.0. The number of nitrogens with one attached hydrogen (secondary N) is 5. The molecule has 1 saturated carbocycles. The number of nitrogens with zero attached hydrogens (tertiary/aromatic N) is 4. The Morgan fingerprint density at radius 1 is 0.836 bits per heavy atom. The lowest BCUT2D eigenvalue weighted by Crippen LogP contribution is -2.55. The number of amides is 4. The summed E-state index contributed by atoms with van der Waals surface area (Å²) in [5, 5.41) is 12.0. The first-order valence-electron chi connectivity index (χ1n) is 21.6.